The third-order valence-corrected chi connectivity index (χ3v) is 5.05. The fourth-order valence-corrected chi connectivity index (χ4v) is 3.68. The van der Waals surface area contributed by atoms with Gasteiger partial charge in [0.25, 0.3) is 11.7 Å². The van der Waals surface area contributed by atoms with Gasteiger partial charge >= 0.3 is 0 Å². The summed E-state index contributed by atoms with van der Waals surface area (Å²) in [6.07, 6.45) is 0. The molecule has 1 saturated heterocycles. The van der Waals surface area contributed by atoms with Gasteiger partial charge in [0, 0.05) is 11.3 Å². The van der Waals surface area contributed by atoms with Crippen LogP contribution in [-0.4, -0.2) is 21.9 Å². The second-order valence-electron chi connectivity index (χ2n) is 6.92. The minimum atomic E-state index is -0.858. The van der Waals surface area contributed by atoms with Crippen molar-refractivity contribution < 1.29 is 19.8 Å². The molecular formula is C24H19NO4. The maximum Gasteiger partial charge on any atom is 0.300 e. The highest BCUT2D eigenvalue weighted by Gasteiger charge is 2.47. The molecule has 5 heteroatoms. The zero-order valence-corrected chi connectivity index (χ0v) is 15.7. The van der Waals surface area contributed by atoms with Gasteiger partial charge in [0.2, 0.25) is 0 Å². The van der Waals surface area contributed by atoms with Gasteiger partial charge in [-0.05, 0) is 36.2 Å². The Hall–Kier alpha value is -3.86. The van der Waals surface area contributed by atoms with Crippen LogP contribution < -0.4 is 4.90 Å². The molecule has 1 aliphatic heterocycles. The van der Waals surface area contributed by atoms with Crippen molar-refractivity contribution in [2.45, 2.75) is 13.0 Å². The summed E-state index contributed by atoms with van der Waals surface area (Å²) >= 11 is 0. The molecule has 3 aromatic rings. The lowest BCUT2D eigenvalue weighted by atomic mass is 9.95. The zero-order valence-electron chi connectivity index (χ0n) is 15.7. The topological polar surface area (TPSA) is 77.8 Å². The molecule has 4 rings (SSSR count). The number of carbonyl (C=O) groups excluding carboxylic acids is 2. The number of aromatic hydroxyl groups is 1. The lowest BCUT2D eigenvalue weighted by Gasteiger charge is -2.26. The molecule has 1 amide bonds. The third-order valence-electron chi connectivity index (χ3n) is 5.05. The molecule has 29 heavy (non-hydrogen) atoms. The summed E-state index contributed by atoms with van der Waals surface area (Å²) in [5.74, 6) is -1.71. The third kappa shape index (κ3) is 3.17. The molecule has 1 unspecified atom stereocenters. The van der Waals surface area contributed by atoms with Crippen molar-refractivity contribution in [3.8, 4) is 5.75 Å². The van der Waals surface area contributed by atoms with Gasteiger partial charge in [-0.15, -0.1) is 0 Å². The molecule has 2 N–H and O–H groups in total. The Balaban J connectivity index is 1.99. The van der Waals surface area contributed by atoms with Crippen LogP contribution in [0.2, 0.25) is 0 Å². The predicted molar refractivity (Wildman–Crippen MR) is 111 cm³/mol. The van der Waals surface area contributed by atoms with E-state index >= 15 is 0 Å². The lowest BCUT2D eigenvalue weighted by Crippen LogP contribution is -2.30. The van der Waals surface area contributed by atoms with Gasteiger partial charge in [-0.3, -0.25) is 14.5 Å². The van der Waals surface area contributed by atoms with Crippen molar-refractivity contribution >= 4 is 23.1 Å². The van der Waals surface area contributed by atoms with Crippen molar-refractivity contribution in [2.75, 3.05) is 4.90 Å². The number of anilines is 1. The number of aliphatic hydroxyl groups excluding tert-OH is 1. The highest BCUT2D eigenvalue weighted by atomic mass is 16.3. The first-order valence-electron chi connectivity index (χ1n) is 9.20. The first-order valence-corrected chi connectivity index (χ1v) is 9.20. The Morgan fingerprint density at radius 3 is 2.28 bits per heavy atom. The second-order valence-corrected chi connectivity index (χ2v) is 6.92. The number of hydrogen-bond donors (Lipinski definition) is 2. The van der Waals surface area contributed by atoms with E-state index in [0.717, 1.165) is 5.56 Å². The van der Waals surface area contributed by atoms with Gasteiger partial charge in [0.05, 0.1) is 11.6 Å². The van der Waals surface area contributed by atoms with Crippen molar-refractivity contribution in [1.82, 2.24) is 0 Å². The van der Waals surface area contributed by atoms with Gasteiger partial charge in [-0.1, -0.05) is 60.7 Å². The van der Waals surface area contributed by atoms with Crippen molar-refractivity contribution in [1.29, 1.82) is 0 Å². The molecule has 5 nitrogen and oxygen atoms in total. The number of phenols is 1. The minimum Gasteiger partial charge on any atom is -0.508 e. The number of Topliss-reactive ketones (excluding diaryl/α,β-unsaturated/α-hetero) is 1. The van der Waals surface area contributed by atoms with E-state index in [0.29, 0.717) is 16.8 Å². The van der Waals surface area contributed by atoms with Crippen molar-refractivity contribution in [3.63, 3.8) is 0 Å². The smallest absolute Gasteiger partial charge is 0.300 e. The molecule has 144 valence electrons. The largest absolute Gasteiger partial charge is 0.508 e. The minimum absolute atomic E-state index is 0.00458. The average molecular weight is 385 g/mol. The van der Waals surface area contributed by atoms with Crippen LogP contribution in [0.3, 0.4) is 0 Å². The Bertz CT molecular complexity index is 1130. The van der Waals surface area contributed by atoms with Gasteiger partial charge in [-0.2, -0.15) is 0 Å². The normalized spacial score (nSPS) is 18.2. The van der Waals surface area contributed by atoms with Crippen LogP contribution in [0.25, 0.3) is 5.76 Å². The second kappa shape index (κ2) is 7.28. The molecule has 1 fully saturated rings. The molecule has 0 saturated carbocycles. The van der Waals surface area contributed by atoms with Crippen LogP contribution in [0.4, 0.5) is 5.69 Å². The molecule has 3 aromatic carbocycles. The number of benzene rings is 3. The molecular weight excluding hydrogens is 366 g/mol. The number of nitrogens with zero attached hydrogens (tertiary/aromatic N) is 1. The van der Waals surface area contributed by atoms with Crippen LogP contribution in [0.1, 0.15) is 22.7 Å². The lowest BCUT2D eigenvalue weighted by molar-refractivity contribution is -0.132. The van der Waals surface area contributed by atoms with Gasteiger partial charge in [0.1, 0.15) is 11.5 Å². The first kappa shape index (κ1) is 18.5. The van der Waals surface area contributed by atoms with E-state index in [2.05, 4.69) is 0 Å². The molecule has 1 aliphatic rings. The number of amides is 1. The summed E-state index contributed by atoms with van der Waals surface area (Å²) in [5.41, 5.74) is 2.37. The number of hydrogen-bond acceptors (Lipinski definition) is 4. The Morgan fingerprint density at radius 2 is 1.59 bits per heavy atom. The number of carbonyl (C=O) groups is 2. The Morgan fingerprint density at radius 1 is 0.897 bits per heavy atom. The molecule has 0 aromatic heterocycles. The van der Waals surface area contributed by atoms with Crippen molar-refractivity contribution in [2.24, 2.45) is 0 Å². The molecule has 0 spiro atoms. The van der Waals surface area contributed by atoms with Crippen LogP contribution in [-0.2, 0) is 9.59 Å². The molecule has 0 aliphatic carbocycles. The molecule has 1 atom stereocenters. The summed E-state index contributed by atoms with van der Waals surface area (Å²) in [6, 6.07) is 21.4. The van der Waals surface area contributed by atoms with E-state index in [-0.39, 0.29) is 17.1 Å². The summed E-state index contributed by atoms with van der Waals surface area (Å²) in [5, 5.41) is 21.0. The predicted octanol–water partition coefficient (Wildman–Crippen LogP) is 4.33. The van der Waals surface area contributed by atoms with E-state index in [1.54, 1.807) is 54.6 Å². The fraction of sp³-hybridized carbons (Fsp3) is 0.0833. The van der Waals surface area contributed by atoms with Gasteiger partial charge in [0.15, 0.2) is 0 Å². The number of phenolic OH excluding ortho intramolecular Hbond substituents is 1. The van der Waals surface area contributed by atoms with E-state index < -0.39 is 17.7 Å². The van der Waals surface area contributed by atoms with E-state index in [4.69, 9.17) is 0 Å². The maximum absolute atomic E-state index is 13.0. The maximum atomic E-state index is 13.0. The zero-order chi connectivity index (χ0) is 20.5. The first-order chi connectivity index (χ1) is 14.0. The van der Waals surface area contributed by atoms with Gasteiger partial charge < -0.3 is 10.2 Å². The molecule has 0 radical (unpaired) electrons. The molecule has 0 bridgehead atoms. The summed E-state index contributed by atoms with van der Waals surface area (Å²) in [4.78, 5) is 27.4. The van der Waals surface area contributed by atoms with Gasteiger partial charge in [-0.25, -0.2) is 0 Å². The van der Waals surface area contributed by atoms with Crippen LogP contribution in [0.5, 0.6) is 5.75 Å². The molecule has 1 heterocycles. The standard InChI is InChI=1S/C24H19NO4/c1-15-8-5-6-13-19(15)25-21(17-11-7-12-18(26)14-17)20(23(28)24(25)29)22(27)16-9-3-2-4-10-16/h2-14,21,26-27H,1H3/b22-20-. The van der Waals surface area contributed by atoms with Crippen molar-refractivity contribution in [3.05, 3.63) is 101 Å². The van der Waals surface area contributed by atoms with Crippen LogP contribution in [0.15, 0.2) is 84.4 Å². The Kier molecular flexibility index (Phi) is 4.64. The quantitative estimate of drug-likeness (QED) is 0.400. The fourth-order valence-electron chi connectivity index (χ4n) is 3.68. The number of ketones is 1. The van der Waals surface area contributed by atoms with Crippen LogP contribution in [0, 0.1) is 6.92 Å². The highest BCUT2D eigenvalue weighted by Crippen LogP contribution is 2.43. The van der Waals surface area contributed by atoms with E-state index in [1.165, 1.54) is 17.0 Å². The Labute approximate surface area is 168 Å². The van der Waals surface area contributed by atoms with E-state index in [1.807, 2.05) is 19.1 Å². The number of aliphatic hydroxyl groups is 1. The average Bonchev–Trinajstić information content (AvgIpc) is 2.99. The summed E-state index contributed by atoms with van der Waals surface area (Å²) < 4.78 is 0. The number of aryl methyl sites for hydroxylation is 1. The summed E-state index contributed by atoms with van der Waals surface area (Å²) in [6.45, 7) is 1.85. The monoisotopic (exact) mass is 385 g/mol. The number of rotatable bonds is 3. The van der Waals surface area contributed by atoms with E-state index in [9.17, 15) is 19.8 Å². The number of para-hydroxylation sites is 1. The SMILES string of the molecule is Cc1ccccc1N1C(=O)C(=O)/C(=C(\O)c2ccccc2)C1c1cccc(O)c1. The van der Waals surface area contributed by atoms with Crippen LogP contribution >= 0.6 is 0 Å². The summed E-state index contributed by atoms with van der Waals surface area (Å²) in [7, 11) is 0. The highest BCUT2D eigenvalue weighted by molar-refractivity contribution is 6.51.